The second-order valence-corrected chi connectivity index (χ2v) is 9.07. The highest BCUT2D eigenvalue weighted by molar-refractivity contribution is 5.90. The first-order chi connectivity index (χ1) is 19.5. The van der Waals surface area contributed by atoms with Gasteiger partial charge in [0, 0.05) is 24.5 Å². The average molecular weight is 541 g/mol. The first kappa shape index (κ1) is 28.4. The SMILES string of the molecule is C=CC(=O)OCCCCOc1ccc(C(=O)OC2=CC=C(OC(O)c3ccc(-c4ccccc4)cc3)CC2)cc1. The van der Waals surface area contributed by atoms with Gasteiger partial charge in [-0.25, -0.2) is 9.59 Å². The number of aliphatic hydroxyl groups is 1. The van der Waals surface area contributed by atoms with E-state index >= 15 is 0 Å². The minimum absolute atomic E-state index is 0.321. The maximum Gasteiger partial charge on any atom is 0.343 e. The van der Waals surface area contributed by atoms with Crippen molar-refractivity contribution >= 4 is 11.9 Å². The van der Waals surface area contributed by atoms with Gasteiger partial charge in [0.15, 0.2) is 0 Å². The summed E-state index contributed by atoms with van der Waals surface area (Å²) in [5.74, 6) is 0.876. The Morgan fingerprint density at radius 3 is 2.15 bits per heavy atom. The lowest BCUT2D eigenvalue weighted by molar-refractivity contribution is -0.137. The quantitative estimate of drug-likeness (QED) is 0.112. The summed E-state index contributed by atoms with van der Waals surface area (Å²) in [5, 5.41) is 10.5. The Morgan fingerprint density at radius 1 is 0.825 bits per heavy atom. The summed E-state index contributed by atoms with van der Waals surface area (Å²) < 4.78 is 21.8. The molecule has 1 aliphatic rings. The topological polar surface area (TPSA) is 91.3 Å². The van der Waals surface area contributed by atoms with Gasteiger partial charge in [-0.05, 0) is 60.4 Å². The van der Waals surface area contributed by atoms with Gasteiger partial charge in [0.1, 0.15) is 17.3 Å². The van der Waals surface area contributed by atoms with Crippen LogP contribution in [0.25, 0.3) is 11.1 Å². The minimum Gasteiger partial charge on any atom is -0.494 e. The summed E-state index contributed by atoms with van der Waals surface area (Å²) in [6.45, 7) is 4.13. The molecule has 0 aliphatic heterocycles. The van der Waals surface area contributed by atoms with Crippen molar-refractivity contribution < 1.29 is 33.6 Å². The Balaban J connectivity index is 1.21. The first-order valence-corrected chi connectivity index (χ1v) is 13.2. The van der Waals surface area contributed by atoms with Gasteiger partial charge in [-0.2, -0.15) is 0 Å². The highest BCUT2D eigenvalue weighted by atomic mass is 16.6. The summed E-state index contributed by atoms with van der Waals surface area (Å²) >= 11 is 0. The third-order valence-corrected chi connectivity index (χ3v) is 6.17. The van der Waals surface area contributed by atoms with Crippen LogP contribution in [-0.2, 0) is 19.0 Å². The van der Waals surface area contributed by atoms with Crippen molar-refractivity contribution in [3.63, 3.8) is 0 Å². The third kappa shape index (κ3) is 8.44. The van der Waals surface area contributed by atoms with Gasteiger partial charge in [-0.3, -0.25) is 0 Å². The van der Waals surface area contributed by atoms with Gasteiger partial charge in [0.05, 0.1) is 18.8 Å². The van der Waals surface area contributed by atoms with Crippen molar-refractivity contribution in [1.82, 2.24) is 0 Å². The molecule has 206 valence electrons. The molecule has 0 saturated carbocycles. The molecule has 1 atom stereocenters. The summed E-state index contributed by atoms with van der Waals surface area (Å²) in [6, 6.07) is 24.3. The van der Waals surface area contributed by atoms with Gasteiger partial charge < -0.3 is 24.1 Å². The predicted molar refractivity (Wildman–Crippen MR) is 151 cm³/mol. The zero-order valence-corrected chi connectivity index (χ0v) is 22.2. The molecule has 40 heavy (non-hydrogen) atoms. The van der Waals surface area contributed by atoms with E-state index in [0.717, 1.165) is 23.6 Å². The molecular weight excluding hydrogens is 508 g/mol. The fraction of sp³-hybridized carbons (Fsp3) is 0.212. The molecule has 1 unspecified atom stereocenters. The fourth-order valence-corrected chi connectivity index (χ4v) is 3.96. The highest BCUT2D eigenvalue weighted by Gasteiger charge is 2.17. The Labute approximate surface area is 234 Å². The Morgan fingerprint density at radius 2 is 1.48 bits per heavy atom. The van der Waals surface area contributed by atoms with Crippen LogP contribution in [0.3, 0.4) is 0 Å². The fourth-order valence-electron chi connectivity index (χ4n) is 3.96. The van der Waals surface area contributed by atoms with Crippen molar-refractivity contribution in [3.05, 3.63) is 126 Å². The summed E-state index contributed by atoms with van der Waals surface area (Å²) in [4.78, 5) is 23.6. The van der Waals surface area contributed by atoms with Crippen LogP contribution in [0.15, 0.2) is 115 Å². The molecule has 7 nitrogen and oxygen atoms in total. The van der Waals surface area contributed by atoms with Crippen molar-refractivity contribution in [3.8, 4) is 16.9 Å². The standard InChI is InChI=1S/C33H32O7/c1-2-31(34)38-23-7-6-22-37-28-16-14-27(15-17-28)33(36)40-30-20-18-29(19-21-30)39-32(35)26-12-10-25(11-13-26)24-8-4-3-5-9-24/h2-5,8-18,20,32,35H,1,6-7,19,21-23H2. The Kier molecular flexibility index (Phi) is 10.3. The van der Waals surface area contributed by atoms with E-state index in [1.807, 2.05) is 54.6 Å². The second-order valence-electron chi connectivity index (χ2n) is 9.07. The van der Waals surface area contributed by atoms with Crippen molar-refractivity contribution in [1.29, 1.82) is 0 Å². The molecule has 0 amide bonds. The molecule has 1 aliphatic carbocycles. The van der Waals surface area contributed by atoms with E-state index in [1.54, 1.807) is 36.4 Å². The maximum absolute atomic E-state index is 12.6. The van der Waals surface area contributed by atoms with E-state index in [2.05, 4.69) is 6.58 Å². The summed E-state index contributed by atoms with van der Waals surface area (Å²) in [5.41, 5.74) is 3.23. The Hall–Kier alpha value is -4.62. The number of rotatable bonds is 13. The lowest BCUT2D eigenvalue weighted by atomic mass is 10.0. The van der Waals surface area contributed by atoms with E-state index in [0.29, 0.717) is 60.9 Å². The molecular formula is C33H32O7. The number of benzene rings is 3. The largest absolute Gasteiger partial charge is 0.494 e. The maximum atomic E-state index is 12.6. The van der Waals surface area contributed by atoms with Crippen molar-refractivity contribution in [2.75, 3.05) is 13.2 Å². The monoisotopic (exact) mass is 540 g/mol. The number of allylic oxidation sites excluding steroid dienone is 4. The van der Waals surface area contributed by atoms with E-state index < -0.39 is 18.2 Å². The molecule has 0 saturated heterocycles. The first-order valence-electron chi connectivity index (χ1n) is 13.2. The molecule has 3 aromatic rings. The molecule has 0 fully saturated rings. The van der Waals surface area contributed by atoms with Crippen LogP contribution in [0, 0.1) is 0 Å². The number of aliphatic hydroxyl groups excluding tert-OH is 1. The molecule has 0 radical (unpaired) electrons. The van der Waals surface area contributed by atoms with Crippen LogP contribution in [0.5, 0.6) is 5.75 Å². The number of esters is 2. The van der Waals surface area contributed by atoms with E-state index in [1.165, 1.54) is 0 Å². The van der Waals surface area contributed by atoms with E-state index in [9.17, 15) is 14.7 Å². The molecule has 3 aromatic carbocycles. The normalized spacial score (nSPS) is 13.3. The Bertz CT molecular complexity index is 1340. The molecule has 7 heteroatoms. The lowest BCUT2D eigenvalue weighted by Gasteiger charge is -2.19. The number of hydrogen-bond donors (Lipinski definition) is 1. The van der Waals surface area contributed by atoms with E-state index in [4.69, 9.17) is 18.9 Å². The molecule has 4 rings (SSSR count). The van der Waals surface area contributed by atoms with Crippen LogP contribution < -0.4 is 4.74 Å². The van der Waals surface area contributed by atoms with Crippen LogP contribution in [0.4, 0.5) is 0 Å². The van der Waals surface area contributed by atoms with Crippen molar-refractivity contribution in [2.24, 2.45) is 0 Å². The summed E-state index contributed by atoms with van der Waals surface area (Å²) in [7, 11) is 0. The zero-order valence-electron chi connectivity index (χ0n) is 22.2. The number of carbonyl (C=O) groups is 2. The average Bonchev–Trinajstić information content (AvgIpc) is 3.00. The van der Waals surface area contributed by atoms with Crippen LogP contribution >= 0.6 is 0 Å². The second kappa shape index (κ2) is 14.5. The van der Waals surface area contributed by atoms with Gasteiger partial charge in [-0.1, -0.05) is 61.2 Å². The predicted octanol–water partition coefficient (Wildman–Crippen LogP) is 6.67. The van der Waals surface area contributed by atoms with Crippen molar-refractivity contribution in [2.45, 2.75) is 32.0 Å². The zero-order chi connectivity index (χ0) is 28.2. The van der Waals surface area contributed by atoms with Crippen LogP contribution in [0.1, 0.15) is 47.9 Å². The highest BCUT2D eigenvalue weighted by Crippen LogP contribution is 2.28. The molecule has 0 bridgehead atoms. The number of hydrogen-bond acceptors (Lipinski definition) is 7. The smallest absolute Gasteiger partial charge is 0.343 e. The molecule has 0 spiro atoms. The van der Waals surface area contributed by atoms with Gasteiger partial charge in [0.2, 0.25) is 6.29 Å². The number of ether oxygens (including phenoxy) is 4. The molecule has 0 heterocycles. The van der Waals surface area contributed by atoms with E-state index in [-0.39, 0.29) is 0 Å². The van der Waals surface area contributed by atoms with Gasteiger partial charge in [0.25, 0.3) is 0 Å². The third-order valence-electron chi connectivity index (χ3n) is 6.17. The van der Waals surface area contributed by atoms with Crippen LogP contribution in [0.2, 0.25) is 0 Å². The van der Waals surface area contributed by atoms with Gasteiger partial charge >= 0.3 is 11.9 Å². The van der Waals surface area contributed by atoms with Crippen LogP contribution in [-0.4, -0.2) is 30.3 Å². The number of unbranched alkanes of at least 4 members (excludes halogenated alkanes) is 1. The van der Waals surface area contributed by atoms with Gasteiger partial charge in [-0.15, -0.1) is 0 Å². The number of carbonyl (C=O) groups excluding carboxylic acids is 2. The summed E-state index contributed by atoms with van der Waals surface area (Å²) in [6.07, 6.45) is 5.81. The molecule has 1 N–H and O–H groups in total. The minimum atomic E-state index is -1.09. The molecule has 0 aromatic heterocycles. The lowest BCUT2D eigenvalue weighted by Crippen LogP contribution is -2.09.